The molecular weight excluding hydrogens is 284 g/mol. The van der Waals surface area contributed by atoms with Crippen LogP contribution in [0.15, 0.2) is 17.8 Å². The molecule has 1 unspecified atom stereocenters. The van der Waals surface area contributed by atoms with Gasteiger partial charge in [0.15, 0.2) is 0 Å². The van der Waals surface area contributed by atoms with Crippen LogP contribution in [0, 0.1) is 0 Å². The van der Waals surface area contributed by atoms with E-state index in [2.05, 4.69) is 26.6 Å². The smallest absolute Gasteiger partial charge is 0.252 e. The van der Waals surface area contributed by atoms with Crippen LogP contribution in [0.25, 0.3) is 0 Å². The van der Waals surface area contributed by atoms with Gasteiger partial charge in [-0.1, -0.05) is 19.3 Å². The Hall–Kier alpha value is -1.69. The average molecular weight is 304 g/mol. The van der Waals surface area contributed by atoms with Crippen LogP contribution < -0.4 is 5.32 Å². The minimum Gasteiger partial charge on any atom is -0.342 e. The predicted octanol–water partition coefficient (Wildman–Crippen LogP) is 3.40. The normalized spacial score (nSPS) is 17.6. The van der Waals surface area contributed by atoms with Crippen LogP contribution in [0.3, 0.4) is 0 Å². The number of carbonyl (C=O) groups is 1. The summed E-state index contributed by atoms with van der Waals surface area (Å²) in [5.74, 6) is 1.28. The first kappa shape index (κ1) is 14.3. The zero-order chi connectivity index (χ0) is 14.7. The third kappa shape index (κ3) is 3.32. The van der Waals surface area contributed by atoms with Gasteiger partial charge in [0.25, 0.3) is 5.91 Å². The van der Waals surface area contributed by atoms with E-state index in [4.69, 9.17) is 0 Å². The Labute approximate surface area is 128 Å². The molecule has 5 nitrogen and oxygen atoms in total. The first-order chi connectivity index (χ1) is 10.2. The topological polar surface area (TPSA) is 70.7 Å². The van der Waals surface area contributed by atoms with Crippen molar-refractivity contribution in [2.75, 3.05) is 0 Å². The van der Waals surface area contributed by atoms with Crippen molar-refractivity contribution in [3.8, 4) is 0 Å². The van der Waals surface area contributed by atoms with Gasteiger partial charge in [-0.05, 0) is 31.7 Å². The van der Waals surface area contributed by atoms with Gasteiger partial charge in [0.2, 0.25) is 0 Å². The second-order valence-electron chi connectivity index (χ2n) is 5.64. The van der Waals surface area contributed by atoms with E-state index in [9.17, 15) is 4.79 Å². The predicted molar refractivity (Wildman–Crippen MR) is 82.4 cm³/mol. The third-order valence-electron chi connectivity index (χ3n) is 4.08. The van der Waals surface area contributed by atoms with Crippen molar-refractivity contribution in [2.45, 2.75) is 51.0 Å². The summed E-state index contributed by atoms with van der Waals surface area (Å²) >= 11 is 1.71. The van der Waals surface area contributed by atoms with Gasteiger partial charge in [-0.15, -0.1) is 11.3 Å². The van der Waals surface area contributed by atoms with Gasteiger partial charge in [0.1, 0.15) is 12.2 Å². The number of amides is 1. The number of hydrogen-bond donors (Lipinski definition) is 2. The summed E-state index contributed by atoms with van der Waals surface area (Å²) in [5.41, 5.74) is 0.756. The Morgan fingerprint density at radius 3 is 2.95 bits per heavy atom. The molecule has 2 heterocycles. The zero-order valence-electron chi connectivity index (χ0n) is 12.1. The standard InChI is InChI=1S/C15H20N4OS/c1-10(14-16-9-17-19-14)18-15(20)12-7-13(21-8-12)11-5-3-2-4-6-11/h7-11H,2-6H2,1H3,(H,18,20)(H,16,17,19). The number of nitrogens with one attached hydrogen (secondary N) is 2. The molecule has 0 spiro atoms. The minimum absolute atomic E-state index is 0.0443. The molecule has 1 fully saturated rings. The van der Waals surface area contributed by atoms with Gasteiger partial charge >= 0.3 is 0 Å². The quantitative estimate of drug-likeness (QED) is 0.909. The molecule has 1 amide bonds. The molecule has 0 aromatic carbocycles. The van der Waals surface area contributed by atoms with E-state index in [1.807, 2.05) is 12.3 Å². The van der Waals surface area contributed by atoms with Crippen molar-refractivity contribution in [3.63, 3.8) is 0 Å². The lowest BCUT2D eigenvalue weighted by molar-refractivity contribution is 0.0938. The van der Waals surface area contributed by atoms with Crippen molar-refractivity contribution in [3.05, 3.63) is 34.0 Å². The van der Waals surface area contributed by atoms with E-state index in [1.165, 1.54) is 43.3 Å². The maximum absolute atomic E-state index is 12.3. The second-order valence-corrected chi connectivity index (χ2v) is 6.58. The molecule has 1 aliphatic carbocycles. The highest BCUT2D eigenvalue weighted by atomic mass is 32.1. The van der Waals surface area contributed by atoms with Crippen LogP contribution in [0.5, 0.6) is 0 Å². The fraction of sp³-hybridized carbons (Fsp3) is 0.533. The van der Waals surface area contributed by atoms with E-state index >= 15 is 0 Å². The summed E-state index contributed by atoms with van der Waals surface area (Å²) in [7, 11) is 0. The highest BCUT2D eigenvalue weighted by molar-refractivity contribution is 7.10. The molecule has 3 rings (SSSR count). The molecule has 2 aromatic rings. The third-order valence-corrected chi connectivity index (χ3v) is 5.18. The molecule has 112 valence electrons. The summed E-state index contributed by atoms with van der Waals surface area (Å²) in [5, 5.41) is 11.5. The van der Waals surface area contributed by atoms with E-state index in [1.54, 1.807) is 11.3 Å². The number of rotatable bonds is 4. The summed E-state index contributed by atoms with van der Waals surface area (Å²) in [4.78, 5) is 17.7. The molecule has 0 radical (unpaired) electrons. The average Bonchev–Trinajstić information content (AvgIpc) is 3.20. The number of hydrogen-bond acceptors (Lipinski definition) is 4. The molecule has 2 N–H and O–H groups in total. The van der Waals surface area contributed by atoms with Gasteiger partial charge in [-0.25, -0.2) is 4.98 Å². The summed E-state index contributed by atoms with van der Waals surface area (Å²) < 4.78 is 0. The fourth-order valence-corrected chi connectivity index (χ4v) is 3.91. The van der Waals surface area contributed by atoms with Crippen molar-refractivity contribution in [1.82, 2.24) is 20.5 Å². The number of carbonyl (C=O) groups excluding carboxylic acids is 1. The number of aromatic nitrogens is 3. The minimum atomic E-state index is -0.168. The molecule has 2 aromatic heterocycles. The first-order valence-corrected chi connectivity index (χ1v) is 8.36. The number of thiophene rings is 1. The fourth-order valence-electron chi connectivity index (χ4n) is 2.84. The van der Waals surface area contributed by atoms with Gasteiger partial charge in [0.05, 0.1) is 11.6 Å². The highest BCUT2D eigenvalue weighted by Crippen LogP contribution is 2.35. The molecule has 1 atom stereocenters. The monoisotopic (exact) mass is 304 g/mol. The van der Waals surface area contributed by atoms with Crippen LogP contribution >= 0.6 is 11.3 Å². The van der Waals surface area contributed by atoms with Gasteiger partial charge < -0.3 is 5.32 Å². The number of aromatic amines is 1. The van der Waals surface area contributed by atoms with E-state index < -0.39 is 0 Å². The first-order valence-electron chi connectivity index (χ1n) is 7.48. The van der Waals surface area contributed by atoms with Gasteiger partial charge in [0, 0.05) is 10.3 Å². The molecular formula is C15H20N4OS. The second kappa shape index (κ2) is 6.39. The van der Waals surface area contributed by atoms with Crippen LogP contribution in [-0.4, -0.2) is 21.1 Å². The van der Waals surface area contributed by atoms with Gasteiger partial charge in [-0.2, -0.15) is 5.10 Å². The SMILES string of the molecule is CC(NC(=O)c1csc(C2CCCCC2)c1)c1ncn[nH]1. The highest BCUT2D eigenvalue weighted by Gasteiger charge is 2.20. The Bertz CT molecular complexity index is 587. The van der Waals surface area contributed by atoms with Crippen LogP contribution in [0.2, 0.25) is 0 Å². The van der Waals surface area contributed by atoms with Crippen LogP contribution in [0.1, 0.15) is 72.0 Å². The lowest BCUT2D eigenvalue weighted by Gasteiger charge is -2.19. The Kier molecular flexibility index (Phi) is 4.34. The van der Waals surface area contributed by atoms with Crippen molar-refractivity contribution in [2.24, 2.45) is 0 Å². The lowest BCUT2D eigenvalue weighted by Crippen LogP contribution is -2.27. The largest absolute Gasteiger partial charge is 0.342 e. The van der Waals surface area contributed by atoms with Crippen LogP contribution in [0.4, 0.5) is 0 Å². The molecule has 1 saturated carbocycles. The zero-order valence-corrected chi connectivity index (χ0v) is 12.9. The van der Waals surface area contributed by atoms with E-state index in [0.717, 1.165) is 5.56 Å². The number of H-pyrrole nitrogens is 1. The Morgan fingerprint density at radius 2 is 2.24 bits per heavy atom. The molecule has 0 bridgehead atoms. The summed E-state index contributed by atoms with van der Waals surface area (Å²) in [6, 6.07) is 1.89. The maximum Gasteiger partial charge on any atom is 0.252 e. The molecule has 21 heavy (non-hydrogen) atoms. The van der Waals surface area contributed by atoms with Crippen molar-refractivity contribution < 1.29 is 4.79 Å². The van der Waals surface area contributed by atoms with Crippen molar-refractivity contribution >= 4 is 17.2 Å². The van der Waals surface area contributed by atoms with E-state index in [0.29, 0.717) is 11.7 Å². The summed E-state index contributed by atoms with van der Waals surface area (Å²) in [6.07, 6.45) is 7.94. The lowest BCUT2D eigenvalue weighted by atomic mass is 9.88. The number of nitrogens with zero attached hydrogens (tertiary/aromatic N) is 2. The summed E-state index contributed by atoms with van der Waals surface area (Å²) in [6.45, 7) is 1.90. The Balaban J connectivity index is 1.63. The van der Waals surface area contributed by atoms with Crippen molar-refractivity contribution in [1.29, 1.82) is 0 Å². The van der Waals surface area contributed by atoms with Crippen LogP contribution in [-0.2, 0) is 0 Å². The molecule has 0 saturated heterocycles. The molecule has 6 heteroatoms. The molecule has 0 aliphatic heterocycles. The Morgan fingerprint density at radius 1 is 1.43 bits per heavy atom. The van der Waals surface area contributed by atoms with E-state index in [-0.39, 0.29) is 11.9 Å². The maximum atomic E-state index is 12.3. The van der Waals surface area contributed by atoms with Gasteiger partial charge in [-0.3, -0.25) is 9.89 Å². The molecule has 1 aliphatic rings.